The lowest BCUT2D eigenvalue weighted by Gasteiger charge is -2.24. The van der Waals surface area contributed by atoms with Crippen molar-refractivity contribution < 1.29 is 9.90 Å². The number of hydrogen-bond acceptors (Lipinski definition) is 3. The van der Waals surface area contributed by atoms with Crippen molar-refractivity contribution in [2.45, 2.75) is 18.9 Å². The molecule has 0 fully saturated rings. The number of nitrogens with one attached hydrogen (secondary N) is 2. The lowest BCUT2D eigenvalue weighted by molar-refractivity contribution is 0.0594. The van der Waals surface area contributed by atoms with Crippen LogP contribution >= 0.6 is 11.6 Å². The van der Waals surface area contributed by atoms with Gasteiger partial charge in [-0.05, 0) is 30.5 Å². The van der Waals surface area contributed by atoms with E-state index in [4.69, 9.17) is 11.6 Å². The molecule has 2 amide bonds. The molecule has 0 radical (unpaired) electrons. The van der Waals surface area contributed by atoms with Crippen LogP contribution in [0.2, 0.25) is 5.15 Å². The van der Waals surface area contributed by atoms with Gasteiger partial charge in [0.1, 0.15) is 10.8 Å². The van der Waals surface area contributed by atoms with Crippen molar-refractivity contribution in [3.05, 3.63) is 64.9 Å². The van der Waals surface area contributed by atoms with Gasteiger partial charge < -0.3 is 15.7 Å². The van der Waals surface area contributed by atoms with E-state index in [-0.39, 0.29) is 12.6 Å². The summed E-state index contributed by atoms with van der Waals surface area (Å²) in [7, 11) is 0. The van der Waals surface area contributed by atoms with Gasteiger partial charge in [-0.2, -0.15) is 0 Å². The predicted octanol–water partition coefficient (Wildman–Crippen LogP) is 2.48. The van der Waals surface area contributed by atoms with Crippen LogP contribution in [0.1, 0.15) is 18.1 Å². The summed E-state index contributed by atoms with van der Waals surface area (Å²) in [6, 6.07) is 12.5. The van der Waals surface area contributed by atoms with Crippen LogP contribution in [0.25, 0.3) is 0 Å². The molecule has 5 nitrogen and oxygen atoms in total. The van der Waals surface area contributed by atoms with E-state index in [0.29, 0.717) is 18.1 Å². The third-order valence-corrected chi connectivity index (χ3v) is 3.70. The fourth-order valence-electron chi connectivity index (χ4n) is 2.09. The summed E-state index contributed by atoms with van der Waals surface area (Å²) in [5.74, 6) is 0. The van der Waals surface area contributed by atoms with Crippen molar-refractivity contribution in [1.82, 2.24) is 15.6 Å². The molecule has 2 aromatic rings. The van der Waals surface area contributed by atoms with Gasteiger partial charge in [-0.3, -0.25) is 0 Å². The van der Waals surface area contributed by atoms with Crippen LogP contribution in [0.3, 0.4) is 0 Å². The number of carbonyl (C=O) groups excluding carboxylic acids is 1. The van der Waals surface area contributed by atoms with E-state index in [2.05, 4.69) is 15.6 Å². The second-order valence-electron chi connectivity index (χ2n) is 5.49. The molecule has 0 spiro atoms. The Balaban J connectivity index is 1.73. The van der Waals surface area contributed by atoms with Gasteiger partial charge in [-0.15, -0.1) is 0 Å². The Morgan fingerprint density at radius 1 is 1.22 bits per heavy atom. The first kappa shape index (κ1) is 17.2. The molecule has 0 saturated carbocycles. The standard InChI is InChI=1S/C17H20ClN3O2/c1-17(23,14-5-3-2-4-6-14)12-21-16(22)19-10-9-13-7-8-15(18)20-11-13/h2-8,11,23H,9-10,12H2,1H3,(H2,19,21,22). The molecule has 0 aliphatic rings. The summed E-state index contributed by atoms with van der Waals surface area (Å²) < 4.78 is 0. The lowest BCUT2D eigenvalue weighted by atomic mass is 9.96. The van der Waals surface area contributed by atoms with E-state index in [1.165, 1.54) is 0 Å². The summed E-state index contributed by atoms with van der Waals surface area (Å²) in [5.41, 5.74) is 0.636. The Morgan fingerprint density at radius 2 is 1.96 bits per heavy atom. The molecule has 6 heteroatoms. The molecule has 1 heterocycles. The van der Waals surface area contributed by atoms with Crippen molar-refractivity contribution in [1.29, 1.82) is 0 Å². The summed E-state index contributed by atoms with van der Waals surface area (Å²) >= 11 is 5.72. The number of benzene rings is 1. The Morgan fingerprint density at radius 3 is 2.61 bits per heavy atom. The predicted molar refractivity (Wildman–Crippen MR) is 90.4 cm³/mol. The summed E-state index contributed by atoms with van der Waals surface area (Å²) in [6.07, 6.45) is 2.34. The van der Waals surface area contributed by atoms with Crippen molar-refractivity contribution in [3.63, 3.8) is 0 Å². The monoisotopic (exact) mass is 333 g/mol. The fourth-order valence-corrected chi connectivity index (χ4v) is 2.20. The van der Waals surface area contributed by atoms with Gasteiger partial charge >= 0.3 is 6.03 Å². The number of carbonyl (C=O) groups is 1. The van der Waals surface area contributed by atoms with Crippen molar-refractivity contribution in [3.8, 4) is 0 Å². The number of aromatic nitrogens is 1. The number of aliphatic hydroxyl groups is 1. The van der Waals surface area contributed by atoms with Crippen LogP contribution in [-0.4, -0.2) is 29.2 Å². The number of hydrogen-bond donors (Lipinski definition) is 3. The Hall–Kier alpha value is -2.11. The molecular formula is C17H20ClN3O2. The molecule has 1 unspecified atom stereocenters. The van der Waals surface area contributed by atoms with Crippen molar-refractivity contribution in [2.75, 3.05) is 13.1 Å². The molecule has 23 heavy (non-hydrogen) atoms. The molecule has 1 aromatic heterocycles. The molecule has 1 atom stereocenters. The molecule has 0 aliphatic heterocycles. The van der Waals surface area contributed by atoms with Gasteiger partial charge in [-0.25, -0.2) is 9.78 Å². The van der Waals surface area contributed by atoms with Gasteiger partial charge in [-0.1, -0.05) is 48.0 Å². The van der Waals surface area contributed by atoms with Crippen LogP contribution in [0.4, 0.5) is 4.79 Å². The number of nitrogens with zero attached hydrogens (tertiary/aromatic N) is 1. The largest absolute Gasteiger partial charge is 0.384 e. The van der Waals surface area contributed by atoms with Crippen molar-refractivity contribution in [2.24, 2.45) is 0 Å². The average molecular weight is 334 g/mol. The minimum Gasteiger partial charge on any atom is -0.384 e. The first-order chi connectivity index (χ1) is 11.0. The Bertz CT molecular complexity index is 630. The van der Waals surface area contributed by atoms with Gasteiger partial charge in [0.2, 0.25) is 0 Å². The topological polar surface area (TPSA) is 74.2 Å². The van der Waals surface area contributed by atoms with Gasteiger partial charge in [0.25, 0.3) is 0 Å². The maximum absolute atomic E-state index is 11.8. The van der Waals surface area contributed by atoms with Gasteiger partial charge in [0.15, 0.2) is 0 Å². The lowest BCUT2D eigenvalue weighted by Crippen LogP contribution is -2.43. The summed E-state index contributed by atoms with van der Waals surface area (Å²) in [6.45, 7) is 2.27. The zero-order valence-electron chi connectivity index (χ0n) is 12.9. The molecule has 0 bridgehead atoms. The minimum absolute atomic E-state index is 0.130. The van der Waals surface area contributed by atoms with Crippen LogP contribution in [-0.2, 0) is 12.0 Å². The molecule has 0 saturated heterocycles. The highest BCUT2D eigenvalue weighted by Crippen LogP contribution is 2.18. The average Bonchev–Trinajstić information content (AvgIpc) is 2.56. The van der Waals surface area contributed by atoms with Crippen LogP contribution in [0.15, 0.2) is 48.7 Å². The highest BCUT2D eigenvalue weighted by Gasteiger charge is 2.23. The molecule has 122 valence electrons. The first-order valence-corrected chi connectivity index (χ1v) is 7.75. The summed E-state index contributed by atoms with van der Waals surface area (Å²) in [4.78, 5) is 15.8. The number of halogens is 1. The molecule has 0 aliphatic carbocycles. The third kappa shape index (κ3) is 5.54. The molecular weight excluding hydrogens is 314 g/mol. The van der Waals surface area contributed by atoms with E-state index in [1.807, 2.05) is 36.4 Å². The molecule has 2 rings (SSSR count). The maximum Gasteiger partial charge on any atom is 0.314 e. The van der Waals surface area contributed by atoms with E-state index in [9.17, 15) is 9.90 Å². The molecule has 1 aromatic carbocycles. The second-order valence-corrected chi connectivity index (χ2v) is 5.88. The number of rotatable bonds is 6. The Labute approximate surface area is 140 Å². The first-order valence-electron chi connectivity index (χ1n) is 7.37. The zero-order valence-corrected chi connectivity index (χ0v) is 13.7. The third-order valence-electron chi connectivity index (χ3n) is 3.48. The van der Waals surface area contributed by atoms with Gasteiger partial charge in [0, 0.05) is 12.7 Å². The molecule has 3 N–H and O–H groups in total. The SMILES string of the molecule is CC(O)(CNC(=O)NCCc1ccc(Cl)nc1)c1ccccc1. The van der Waals surface area contributed by atoms with Crippen molar-refractivity contribution >= 4 is 17.6 Å². The zero-order chi connectivity index (χ0) is 16.7. The highest BCUT2D eigenvalue weighted by atomic mass is 35.5. The normalized spacial score (nSPS) is 13.2. The van der Waals surface area contributed by atoms with Crippen LogP contribution < -0.4 is 10.6 Å². The maximum atomic E-state index is 11.8. The Kier molecular flexibility index (Phi) is 5.96. The smallest absolute Gasteiger partial charge is 0.314 e. The number of amides is 2. The number of pyridine rings is 1. The summed E-state index contributed by atoms with van der Waals surface area (Å²) in [5, 5.41) is 16.3. The second kappa shape index (κ2) is 7.94. The van der Waals surface area contributed by atoms with E-state index in [1.54, 1.807) is 19.2 Å². The number of urea groups is 1. The highest BCUT2D eigenvalue weighted by molar-refractivity contribution is 6.29. The minimum atomic E-state index is -1.11. The van der Waals surface area contributed by atoms with Gasteiger partial charge in [0.05, 0.1) is 6.54 Å². The van der Waals surface area contributed by atoms with E-state index < -0.39 is 5.60 Å². The van der Waals surface area contributed by atoms with E-state index in [0.717, 1.165) is 11.1 Å². The fraction of sp³-hybridized carbons (Fsp3) is 0.294. The van der Waals surface area contributed by atoms with E-state index >= 15 is 0 Å². The van der Waals surface area contributed by atoms with Crippen LogP contribution in [0, 0.1) is 0 Å². The quantitative estimate of drug-likeness (QED) is 0.711. The van der Waals surface area contributed by atoms with Crippen LogP contribution in [0.5, 0.6) is 0 Å².